The second kappa shape index (κ2) is 7.53. The molecule has 2 fully saturated rings. The number of amides is 1. The molecule has 0 radical (unpaired) electrons. The molecule has 1 aliphatic carbocycles. The lowest BCUT2D eigenvalue weighted by Gasteiger charge is -2.43. The molecule has 1 saturated carbocycles. The third kappa shape index (κ3) is 3.90. The molecular formula is C19H28N2O3. The maximum Gasteiger partial charge on any atom is 0.220 e. The zero-order valence-corrected chi connectivity index (χ0v) is 14.4. The quantitative estimate of drug-likeness (QED) is 0.882. The topological polar surface area (TPSA) is 75.8 Å². The van der Waals surface area contributed by atoms with Gasteiger partial charge in [0.2, 0.25) is 5.91 Å². The molecule has 3 atom stereocenters. The molecule has 3 N–H and O–H groups in total. The van der Waals surface area contributed by atoms with Crippen LogP contribution in [0.2, 0.25) is 0 Å². The van der Waals surface area contributed by atoms with Crippen LogP contribution in [0.25, 0.3) is 0 Å². The van der Waals surface area contributed by atoms with Crippen LogP contribution in [0.3, 0.4) is 0 Å². The number of aliphatic hydroxyl groups excluding tert-OH is 1. The number of ether oxygens (including phenoxy) is 1. The van der Waals surface area contributed by atoms with Gasteiger partial charge in [0, 0.05) is 12.0 Å². The van der Waals surface area contributed by atoms with Gasteiger partial charge in [-0.15, -0.1) is 0 Å². The number of nitrogens with zero attached hydrogens (tertiary/aromatic N) is 1. The predicted molar refractivity (Wildman–Crippen MR) is 92.7 cm³/mol. The minimum absolute atomic E-state index is 0.0127. The molecule has 5 heteroatoms. The van der Waals surface area contributed by atoms with Crippen molar-refractivity contribution in [3.05, 3.63) is 29.8 Å². The molecular weight excluding hydrogens is 304 g/mol. The van der Waals surface area contributed by atoms with Gasteiger partial charge in [0.05, 0.1) is 0 Å². The van der Waals surface area contributed by atoms with E-state index in [9.17, 15) is 9.90 Å². The van der Waals surface area contributed by atoms with Crippen LogP contribution >= 0.6 is 0 Å². The van der Waals surface area contributed by atoms with E-state index in [2.05, 4.69) is 4.90 Å². The van der Waals surface area contributed by atoms with E-state index in [1.54, 1.807) is 0 Å². The fraction of sp³-hybridized carbons (Fsp3) is 0.632. The first kappa shape index (κ1) is 17.2. The summed E-state index contributed by atoms with van der Waals surface area (Å²) >= 11 is 0. The Morgan fingerprint density at radius 1 is 1.25 bits per heavy atom. The fourth-order valence-corrected chi connectivity index (χ4v) is 4.02. The number of likely N-dealkylation sites (tertiary alicyclic amines) is 1. The molecule has 0 bridgehead atoms. The summed E-state index contributed by atoms with van der Waals surface area (Å²) in [5.74, 6) is 0.618. The van der Waals surface area contributed by atoms with Crippen LogP contribution in [-0.2, 0) is 4.79 Å². The molecule has 1 saturated heterocycles. The van der Waals surface area contributed by atoms with Crippen molar-refractivity contribution in [3.63, 3.8) is 0 Å². The number of primary amides is 1. The number of rotatable bonds is 4. The van der Waals surface area contributed by atoms with Crippen molar-refractivity contribution in [3.8, 4) is 5.75 Å². The average Bonchev–Trinajstić information content (AvgIpc) is 2.57. The maximum absolute atomic E-state index is 11.3. The molecule has 3 rings (SSSR count). The highest BCUT2D eigenvalue weighted by Gasteiger charge is 2.38. The first-order chi connectivity index (χ1) is 11.5. The number of aliphatic hydroxyl groups is 1. The van der Waals surface area contributed by atoms with Gasteiger partial charge in [0.25, 0.3) is 0 Å². The van der Waals surface area contributed by atoms with Gasteiger partial charge in [0.1, 0.15) is 18.0 Å². The number of hydrogen-bond acceptors (Lipinski definition) is 4. The Bertz CT molecular complexity index is 569. The molecule has 1 heterocycles. The van der Waals surface area contributed by atoms with Crippen molar-refractivity contribution in [1.29, 1.82) is 0 Å². The lowest BCUT2D eigenvalue weighted by molar-refractivity contribution is -0.124. The van der Waals surface area contributed by atoms with Crippen molar-refractivity contribution in [1.82, 2.24) is 4.90 Å². The molecule has 5 nitrogen and oxygen atoms in total. The summed E-state index contributed by atoms with van der Waals surface area (Å²) in [7, 11) is 0. The Morgan fingerprint density at radius 2 is 2.00 bits per heavy atom. The van der Waals surface area contributed by atoms with Crippen LogP contribution in [0.1, 0.15) is 37.7 Å². The Balaban J connectivity index is 1.61. The van der Waals surface area contributed by atoms with Crippen molar-refractivity contribution < 1.29 is 14.6 Å². The molecule has 132 valence electrons. The van der Waals surface area contributed by atoms with E-state index in [0.29, 0.717) is 0 Å². The maximum atomic E-state index is 11.3. The Labute approximate surface area is 143 Å². The van der Waals surface area contributed by atoms with Gasteiger partial charge in [0.15, 0.2) is 0 Å². The zero-order valence-electron chi connectivity index (χ0n) is 14.4. The number of nitrogens with two attached hydrogens (primary N) is 1. The monoisotopic (exact) mass is 332 g/mol. The SMILES string of the molecule is Cc1cccc(O[C@@H]2CCC[C@H](N3CCC(C(N)=O)CC3)[C@H]2O)c1. The third-order valence-corrected chi connectivity index (χ3v) is 5.44. The van der Waals surface area contributed by atoms with E-state index >= 15 is 0 Å². The van der Waals surface area contributed by atoms with E-state index in [-0.39, 0.29) is 24.0 Å². The van der Waals surface area contributed by atoms with Gasteiger partial charge < -0.3 is 15.6 Å². The summed E-state index contributed by atoms with van der Waals surface area (Å²) in [6.07, 6.45) is 3.83. The molecule has 24 heavy (non-hydrogen) atoms. The lowest BCUT2D eigenvalue weighted by atomic mass is 9.86. The van der Waals surface area contributed by atoms with Crippen LogP contribution in [0.5, 0.6) is 5.75 Å². The van der Waals surface area contributed by atoms with Crippen LogP contribution in [-0.4, -0.2) is 47.3 Å². The number of carbonyl (C=O) groups is 1. The lowest BCUT2D eigenvalue weighted by Crippen LogP contribution is -2.55. The number of carbonyl (C=O) groups excluding carboxylic acids is 1. The summed E-state index contributed by atoms with van der Waals surface area (Å²) in [4.78, 5) is 13.6. The van der Waals surface area contributed by atoms with E-state index in [4.69, 9.17) is 10.5 Å². The predicted octanol–water partition coefficient (Wildman–Crippen LogP) is 1.85. The summed E-state index contributed by atoms with van der Waals surface area (Å²) in [6, 6.07) is 8.08. The van der Waals surface area contributed by atoms with Crippen molar-refractivity contribution in [2.75, 3.05) is 13.1 Å². The normalized spacial score (nSPS) is 29.3. The highest BCUT2D eigenvalue weighted by molar-refractivity contribution is 5.76. The number of aryl methyl sites for hydroxylation is 1. The molecule has 1 amide bonds. The first-order valence-electron chi connectivity index (χ1n) is 8.99. The molecule has 2 aliphatic rings. The van der Waals surface area contributed by atoms with Crippen LogP contribution < -0.4 is 10.5 Å². The second-order valence-electron chi connectivity index (χ2n) is 7.17. The fourth-order valence-electron chi connectivity index (χ4n) is 4.02. The zero-order chi connectivity index (χ0) is 17.1. The highest BCUT2D eigenvalue weighted by atomic mass is 16.5. The standard InChI is InChI=1S/C19H28N2O3/c1-13-4-2-5-15(12-13)24-17-7-3-6-16(18(17)22)21-10-8-14(9-11-21)19(20)23/h2,4-5,12,14,16-18,22H,3,6-11H2,1H3,(H2,20,23)/t16-,17+,18+/m0/s1. The van der Waals surface area contributed by atoms with Gasteiger partial charge in [-0.1, -0.05) is 12.1 Å². The highest BCUT2D eigenvalue weighted by Crippen LogP contribution is 2.30. The van der Waals surface area contributed by atoms with Crippen molar-refractivity contribution >= 4 is 5.91 Å². The summed E-state index contributed by atoms with van der Waals surface area (Å²) in [6.45, 7) is 3.69. The number of benzene rings is 1. The second-order valence-corrected chi connectivity index (χ2v) is 7.17. The van der Waals surface area contributed by atoms with E-state index < -0.39 is 6.10 Å². The van der Waals surface area contributed by atoms with Gasteiger partial charge in [-0.25, -0.2) is 0 Å². The van der Waals surface area contributed by atoms with Gasteiger partial charge >= 0.3 is 0 Å². The van der Waals surface area contributed by atoms with Crippen molar-refractivity contribution in [2.24, 2.45) is 11.7 Å². The summed E-state index contributed by atoms with van der Waals surface area (Å²) in [5, 5.41) is 10.8. The average molecular weight is 332 g/mol. The molecule has 0 aromatic heterocycles. The van der Waals surface area contributed by atoms with Crippen LogP contribution in [0.4, 0.5) is 0 Å². The van der Waals surface area contributed by atoms with Crippen LogP contribution in [0, 0.1) is 12.8 Å². The van der Waals surface area contributed by atoms with Crippen molar-refractivity contribution in [2.45, 2.75) is 57.3 Å². The molecule has 1 aliphatic heterocycles. The third-order valence-electron chi connectivity index (χ3n) is 5.44. The van der Waals surface area contributed by atoms with Gasteiger partial charge in [-0.3, -0.25) is 9.69 Å². The van der Waals surface area contributed by atoms with Crippen LogP contribution in [0.15, 0.2) is 24.3 Å². The van der Waals surface area contributed by atoms with Gasteiger partial charge in [-0.2, -0.15) is 0 Å². The van der Waals surface area contributed by atoms with E-state index in [0.717, 1.165) is 56.5 Å². The van der Waals surface area contributed by atoms with E-state index in [1.165, 1.54) is 0 Å². The largest absolute Gasteiger partial charge is 0.488 e. The molecule has 0 spiro atoms. The summed E-state index contributed by atoms with van der Waals surface area (Å²) < 4.78 is 6.08. The summed E-state index contributed by atoms with van der Waals surface area (Å²) in [5.41, 5.74) is 6.57. The Hall–Kier alpha value is -1.59. The Morgan fingerprint density at radius 3 is 2.67 bits per heavy atom. The number of piperidine rings is 1. The molecule has 0 unspecified atom stereocenters. The first-order valence-corrected chi connectivity index (χ1v) is 8.99. The number of hydrogen-bond donors (Lipinski definition) is 2. The molecule has 1 aromatic rings. The molecule has 1 aromatic carbocycles. The smallest absolute Gasteiger partial charge is 0.220 e. The minimum atomic E-state index is -0.496. The van der Waals surface area contributed by atoms with Gasteiger partial charge in [-0.05, 0) is 69.8 Å². The van der Waals surface area contributed by atoms with E-state index in [1.807, 2.05) is 31.2 Å². The minimum Gasteiger partial charge on any atom is -0.488 e. The Kier molecular flexibility index (Phi) is 5.41.